The summed E-state index contributed by atoms with van der Waals surface area (Å²) in [7, 11) is 0. The Morgan fingerprint density at radius 2 is 1.94 bits per heavy atom. The third kappa shape index (κ3) is 2.81. The molecule has 0 heterocycles. The minimum absolute atomic E-state index is 0.172. The lowest BCUT2D eigenvalue weighted by molar-refractivity contribution is -0.138. The zero-order valence-corrected chi connectivity index (χ0v) is 12.0. The van der Waals surface area contributed by atoms with Crippen molar-refractivity contribution in [3.05, 3.63) is 40.5 Å². The second kappa shape index (κ2) is 6.39. The highest BCUT2D eigenvalue weighted by Crippen LogP contribution is 2.33. The van der Waals surface area contributed by atoms with Crippen LogP contribution in [-0.4, -0.2) is 12.6 Å². The minimum Gasteiger partial charge on any atom is -0.463 e. The molecule has 0 atom stereocenters. The van der Waals surface area contributed by atoms with E-state index in [-0.39, 0.29) is 5.97 Å². The van der Waals surface area contributed by atoms with Crippen LogP contribution in [0.25, 0.3) is 5.57 Å². The molecule has 0 unspecified atom stereocenters. The Labute approximate surface area is 110 Å². The predicted molar refractivity (Wildman–Crippen MR) is 75.5 cm³/mol. The van der Waals surface area contributed by atoms with E-state index in [0.29, 0.717) is 13.0 Å². The van der Waals surface area contributed by atoms with Gasteiger partial charge in [0.15, 0.2) is 0 Å². The number of benzene rings is 1. The summed E-state index contributed by atoms with van der Waals surface area (Å²) in [5.41, 5.74) is 5.53. The molecule has 0 amide bonds. The maximum absolute atomic E-state index is 11.7. The first-order chi connectivity index (χ1) is 8.63. The van der Waals surface area contributed by atoms with Crippen LogP contribution >= 0.6 is 0 Å². The number of hydrogen-bond acceptors (Lipinski definition) is 2. The molecule has 2 heteroatoms. The van der Waals surface area contributed by atoms with Crippen LogP contribution in [0, 0.1) is 6.92 Å². The molecule has 18 heavy (non-hydrogen) atoms. The van der Waals surface area contributed by atoms with Gasteiger partial charge in [0.25, 0.3) is 0 Å². The van der Waals surface area contributed by atoms with Crippen LogP contribution in [0.4, 0.5) is 0 Å². The van der Waals surface area contributed by atoms with Crippen LogP contribution in [0.1, 0.15) is 44.4 Å². The van der Waals surface area contributed by atoms with Crippen LogP contribution in [-0.2, 0) is 16.0 Å². The van der Waals surface area contributed by atoms with Crippen molar-refractivity contribution in [1.29, 1.82) is 0 Å². The fourth-order valence-corrected chi connectivity index (χ4v) is 2.12. The first-order valence-corrected chi connectivity index (χ1v) is 6.60. The number of aryl methyl sites for hydroxylation is 1. The average molecular weight is 246 g/mol. The first kappa shape index (κ1) is 14.5. The van der Waals surface area contributed by atoms with Crippen LogP contribution in [0.15, 0.2) is 23.8 Å². The number of carbonyl (C=O) groups excluding carboxylic acids is 1. The number of rotatable bonds is 2. The van der Waals surface area contributed by atoms with Gasteiger partial charge in [-0.15, -0.1) is 0 Å². The molecule has 2 nitrogen and oxygen atoms in total. The molecule has 1 aliphatic rings. The SMILES string of the molecule is CC.CCOC(=O)C1=C(C)c2cc(C)ccc2C1. The van der Waals surface area contributed by atoms with Crippen molar-refractivity contribution in [1.82, 2.24) is 0 Å². The van der Waals surface area contributed by atoms with Crippen molar-refractivity contribution in [3.63, 3.8) is 0 Å². The van der Waals surface area contributed by atoms with E-state index in [2.05, 4.69) is 25.1 Å². The summed E-state index contributed by atoms with van der Waals surface area (Å²) in [5, 5.41) is 0. The van der Waals surface area contributed by atoms with Gasteiger partial charge >= 0.3 is 5.97 Å². The van der Waals surface area contributed by atoms with Gasteiger partial charge in [0, 0.05) is 12.0 Å². The Morgan fingerprint density at radius 3 is 2.56 bits per heavy atom. The molecule has 0 saturated carbocycles. The topological polar surface area (TPSA) is 26.3 Å². The smallest absolute Gasteiger partial charge is 0.334 e. The van der Waals surface area contributed by atoms with Gasteiger partial charge in [0.2, 0.25) is 0 Å². The molecule has 2 rings (SSSR count). The van der Waals surface area contributed by atoms with E-state index in [4.69, 9.17) is 4.74 Å². The Hall–Kier alpha value is -1.57. The van der Waals surface area contributed by atoms with Gasteiger partial charge < -0.3 is 4.74 Å². The second-order valence-corrected chi connectivity index (χ2v) is 4.16. The lowest BCUT2D eigenvalue weighted by Crippen LogP contribution is -2.08. The van der Waals surface area contributed by atoms with Gasteiger partial charge in [-0.1, -0.05) is 37.6 Å². The molecule has 1 aromatic carbocycles. The number of esters is 1. The molecule has 0 N–H and O–H groups in total. The summed E-state index contributed by atoms with van der Waals surface area (Å²) >= 11 is 0. The molecule has 0 bridgehead atoms. The van der Waals surface area contributed by atoms with E-state index in [9.17, 15) is 4.79 Å². The van der Waals surface area contributed by atoms with Crippen molar-refractivity contribution in [2.45, 2.75) is 41.0 Å². The largest absolute Gasteiger partial charge is 0.463 e. The molecular formula is C16H22O2. The van der Waals surface area contributed by atoms with Crippen LogP contribution in [0.5, 0.6) is 0 Å². The van der Waals surface area contributed by atoms with Crippen LogP contribution in [0.2, 0.25) is 0 Å². The second-order valence-electron chi connectivity index (χ2n) is 4.16. The molecule has 0 aliphatic heterocycles. The summed E-state index contributed by atoms with van der Waals surface area (Å²) in [4.78, 5) is 11.7. The zero-order valence-electron chi connectivity index (χ0n) is 12.0. The molecule has 1 aliphatic carbocycles. The van der Waals surface area contributed by atoms with Gasteiger partial charge in [0.05, 0.1) is 6.61 Å². The summed E-state index contributed by atoms with van der Waals surface area (Å²) in [6.45, 7) is 10.3. The third-order valence-electron chi connectivity index (χ3n) is 3.01. The maximum Gasteiger partial charge on any atom is 0.334 e. The quantitative estimate of drug-likeness (QED) is 0.739. The van der Waals surface area contributed by atoms with Gasteiger partial charge in [0.1, 0.15) is 0 Å². The third-order valence-corrected chi connectivity index (χ3v) is 3.01. The fourth-order valence-electron chi connectivity index (χ4n) is 2.12. The number of ether oxygens (including phenoxy) is 1. The van der Waals surface area contributed by atoms with E-state index in [1.807, 2.05) is 27.7 Å². The summed E-state index contributed by atoms with van der Waals surface area (Å²) in [5.74, 6) is -0.172. The van der Waals surface area contributed by atoms with Crippen molar-refractivity contribution >= 4 is 11.5 Å². The molecule has 98 valence electrons. The number of carbonyl (C=O) groups is 1. The Balaban J connectivity index is 0.000000771. The fraction of sp³-hybridized carbons (Fsp3) is 0.438. The lowest BCUT2D eigenvalue weighted by Gasteiger charge is -2.03. The molecule has 0 saturated heterocycles. The van der Waals surface area contributed by atoms with Gasteiger partial charge in [-0.05, 0) is 37.5 Å². The average Bonchev–Trinajstić information content (AvgIpc) is 2.70. The highest BCUT2D eigenvalue weighted by Gasteiger charge is 2.24. The van der Waals surface area contributed by atoms with E-state index >= 15 is 0 Å². The minimum atomic E-state index is -0.172. The monoisotopic (exact) mass is 246 g/mol. The number of allylic oxidation sites excluding steroid dienone is 1. The number of fused-ring (bicyclic) bond motifs is 1. The lowest BCUT2D eigenvalue weighted by atomic mass is 10.0. The molecule has 0 spiro atoms. The van der Waals surface area contributed by atoms with Gasteiger partial charge in [-0.2, -0.15) is 0 Å². The Kier molecular flexibility index (Phi) is 5.14. The summed E-state index contributed by atoms with van der Waals surface area (Å²) in [6, 6.07) is 6.32. The first-order valence-electron chi connectivity index (χ1n) is 6.60. The Bertz CT molecular complexity index is 470. The molecule has 0 fully saturated rings. The highest BCUT2D eigenvalue weighted by atomic mass is 16.5. The highest BCUT2D eigenvalue weighted by molar-refractivity contribution is 6.00. The molecule has 1 aromatic rings. The zero-order chi connectivity index (χ0) is 13.7. The maximum atomic E-state index is 11.7. The molecule has 0 radical (unpaired) electrons. The number of hydrogen-bond donors (Lipinski definition) is 0. The van der Waals surface area contributed by atoms with Crippen molar-refractivity contribution in [2.24, 2.45) is 0 Å². The van der Waals surface area contributed by atoms with E-state index in [1.165, 1.54) is 16.7 Å². The predicted octanol–water partition coefficient (Wildman–Crippen LogP) is 3.91. The van der Waals surface area contributed by atoms with E-state index in [1.54, 1.807) is 0 Å². The summed E-state index contributed by atoms with van der Waals surface area (Å²) in [6.07, 6.45) is 0.709. The van der Waals surface area contributed by atoms with Crippen LogP contribution < -0.4 is 0 Å². The normalized spacial score (nSPS) is 12.7. The van der Waals surface area contributed by atoms with Crippen molar-refractivity contribution in [2.75, 3.05) is 6.61 Å². The van der Waals surface area contributed by atoms with E-state index < -0.39 is 0 Å². The van der Waals surface area contributed by atoms with Gasteiger partial charge in [-0.25, -0.2) is 4.79 Å². The molecular weight excluding hydrogens is 224 g/mol. The molecule has 0 aromatic heterocycles. The van der Waals surface area contributed by atoms with Crippen molar-refractivity contribution in [3.8, 4) is 0 Å². The summed E-state index contributed by atoms with van der Waals surface area (Å²) < 4.78 is 5.06. The van der Waals surface area contributed by atoms with Crippen molar-refractivity contribution < 1.29 is 9.53 Å². The van der Waals surface area contributed by atoms with Crippen LogP contribution in [0.3, 0.4) is 0 Å². The Morgan fingerprint density at radius 1 is 1.28 bits per heavy atom. The van der Waals surface area contributed by atoms with Gasteiger partial charge in [-0.3, -0.25) is 0 Å². The van der Waals surface area contributed by atoms with E-state index in [0.717, 1.165) is 11.1 Å². The standard InChI is InChI=1S/C14H16O2.C2H6/c1-4-16-14(15)13-8-11-6-5-9(2)7-12(11)10(13)3;1-2/h5-7H,4,8H2,1-3H3;1-2H3.